The van der Waals surface area contributed by atoms with Gasteiger partial charge in [-0.15, -0.1) is 0 Å². The third-order valence-electron chi connectivity index (χ3n) is 3.92. The Bertz CT molecular complexity index is 838. The zero-order valence-electron chi connectivity index (χ0n) is 12.9. The number of nitrogens with one attached hydrogen (secondary N) is 1. The normalized spacial score (nSPS) is 10.9. The zero-order valence-corrected chi connectivity index (χ0v) is 12.9. The van der Waals surface area contributed by atoms with Crippen molar-refractivity contribution >= 4 is 16.9 Å². The number of rotatable bonds is 5. The highest BCUT2D eigenvalue weighted by atomic mass is 19.1. The summed E-state index contributed by atoms with van der Waals surface area (Å²) in [5, 5.41) is 0.884. The Balaban J connectivity index is 1.56. The summed E-state index contributed by atoms with van der Waals surface area (Å²) in [6.45, 7) is 2.23. The number of hydrogen-bond donors (Lipinski definition) is 1. The number of esters is 1. The Hall–Kier alpha value is -2.62. The van der Waals surface area contributed by atoms with Crippen LogP contribution in [-0.2, 0) is 11.2 Å². The standard InChI is InChI=1S/C19H18FNO2/c1-13-5-2-3-7-16(13)19(22)23-10-4-6-14-12-21-18-9-8-15(20)11-17(14)18/h2-3,5,7-9,11-12,21H,4,6,10H2,1H3. The number of ether oxygens (including phenoxy) is 1. The molecule has 1 N–H and O–H groups in total. The van der Waals surface area contributed by atoms with Crippen molar-refractivity contribution in [1.82, 2.24) is 4.98 Å². The Morgan fingerprint density at radius 2 is 2.04 bits per heavy atom. The molecule has 0 aliphatic rings. The summed E-state index contributed by atoms with van der Waals surface area (Å²) in [7, 11) is 0. The molecule has 4 heteroatoms. The van der Waals surface area contributed by atoms with Crippen LogP contribution in [0.15, 0.2) is 48.7 Å². The average Bonchev–Trinajstić information content (AvgIpc) is 2.94. The van der Waals surface area contributed by atoms with Gasteiger partial charge in [0.05, 0.1) is 12.2 Å². The zero-order chi connectivity index (χ0) is 16.2. The number of benzene rings is 2. The van der Waals surface area contributed by atoms with Crippen molar-refractivity contribution in [3.63, 3.8) is 0 Å². The number of aromatic amines is 1. The number of fused-ring (bicyclic) bond motifs is 1. The van der Waals surface area contributed by atoms with Crippen LogP contribution in [0.3, 0.4) is 0 Å². The summed E-state index contributed by atoms with van der Waals surface area (Å²) in [6, 6.07) is 12.1. The molecule has 0 saturated carbocycles. The molecule has 0 fully saturated rings. The van der Waals surface area contributed by atoms with Crippen molar-refractivity contribution in [2.75, 3.05) is 6.61 Å². The molecular weight excluding hydrogens is 293 g/mol. The molecule has 0 atom stereocenters. The van der Waals surface area contributed by atoms with Gasteiger partial charge in [0.15, 0.2) is 0 Å². The third-order valence-corrected chi connectivity index (χ3v) is 3.92. The molecule has 23 heavy (non-hydrogen) atoms. The van der Waals surface area contributed by atoms with E-state index in [2.05, 4.69) is 4.98 Å². The van der Waals surface area contributed by atoms with E-state index in [0.29, 0.717) is 18.6 Å². The first-order valence-corrected chi connectivity index (χ1v) is 7.63. The third kappa shape index (κ3) is 3.42. The fourth-order valence-electron chi connectivity index (χ4n) is 2.66. The number of hydrogen-bond acceptors (Lipinski definition) is 2. The molecule has 0 amide bonds. The van der Waals surface area contributed by atoms with Gasteiger partial charge in [-0.25, -0.2) is 9.18 Å². The van der Waals surface area contributed by atoms with E-state index < -0.39 is 0 Å². The lowest BCUT2D eigenvalue weighted by Gasteiger charge is -2.06. The van der Waals surface area contributed by atoms with Gasteiger partial charge in [0, 0.05) is 17.1 Å². The number of aryl methyl sites for hydroxylation is 2. The highest BCUT2D eigenvalue weighted by Gasteiger charge is 2.10. The van der Waals surface area contributed by atoms with E-state index in [9.17, 15) is 9.18 Å². The van der Waals surface area contributed by atoms with Crippen LogP contribution in [0, 0.1) is 12.7 Å². The van der Waals surface area contributed by atoms with Gasteiger partial charge in [0.2, 0.25) is 0 Å². The minimum atomic E-state index is -0.298. The molecule has 0 saturated heterocycles. The second-order valence-electron chi connectivity index (χ2n) is 5.56. The minimum Gasteiger partial charge on any atom is -0.462 e. The van der Waals surface area contributed by atoms with Gasteiger partial charge in [0.1, 0.15) is 5.82 Å². The van der Waals surface area contributed by atoms with E-state index in [1.165, 1.54) is 12.1 Å². The van der Waals surface area contributed by atoms with Crippen LogP contribution in [0.25, 0.3) is 10.9 Å². The van der Waals surface area contributed by atoms with Crippen molar-refractivity contribution in [3.05, 3.63) is 71.2 Å². The van der Waals surface area contributed by atoms with Gasteiger partial charge in [-0.2, -0.15) is 0 Å². The quantitative estimate of drug-likeness (QED) is 0.560. The molecule has 0 aliphatic heterocycles. The molecule has 0 unspecified atom stereocenters. The van der Waals surface area contributed by atoms with Crippen molar-refractivity contribution in [2.24, 2.45) is 0 Å². The molecule has 0 spiro atoms. The molecule has 1 heterocycles. The summed E-state index contributed by atoms with van der Waals surface area (Å²) in [5.41, 5.74) is 3.45. The molecule has 0 bridgehead atoms. The number of carbonyl (C=O) groups excluding carboxylic acids is 1. The highest BCUT2D eigenvalue weighted by Crippen LogP contribution is 2.20. The first-order valence-electron chi connectivity index (χ1n) is 7.63. The van der Waals surface area contributed by atoms with Gasteiger partial charge in [-0.05, 0) is 55.2 Å². The van der Waals surface area contributed by atoms with Crippen LogP contribution < -0.4 is 0 Å². The topological polar surface area (TPSA) is 42.1 Å². The summed E-state index contributed by atoms with van der Waals surface area (Å²) < 4.78 is 18.7. The minimum absolute atomic E-state index is 0.246. The fraction of sp³-hybridized carbons (Fsp3) is 0.211. The fourth-order valence-corrected chi connectivity index (χ4v) is 2.66. The van der Waals surface area contributed by atoms with E-state index in [1.54, 1.807) is 12.1 Å². The maximum Gasteiger partial charge on any atom is 0.338 e. The Morgan fingerprint density at radius 1 is 1.22 bits per heavy atom. The molecule has 3 nitrogen and oxygen atoms in total. The van der Waals surface area contributed by atoms with Crippen LogP contribution in [0.1, 0.15) is 27.9 Å². The molecule has 3 aromatic rings. The predicted molar refractivity (Wildman–Crippen MR) is 88.0 cm³/mol. The van der Waals surface area contributed by atoms with Gasteiger partial charge in [-0.3, -0.25) is 0 Å². The van der Waals surface area contributed by atoms with Crippen molar-refractivity contribution in [1.29, 1.82) is 0 Å². The summed E-state index contributed by atoms with van der Waals surface area (Å²) in [5.74, 6) is -0.544. The van der Waals surface area contributed by atoms with E-state index in [0.717, 1.165) is 28.5 Å². The highest BCUT2D eigenvalue weighted by molar-refractivity contribution is 5.91. The van der Waals surface area contributed by atoms with Gasteiger partial charge in [0.25, 0.3) is 0 Å². The van der Waals surface area contributed by atoms with Gasteiger partial charge < -0.3 is 9.72 Å². The summed E-state index contributed by atoms with van der Waals surface area (Å²) in [6.07, 6.45) is 3.30. The Labute approximate surface area is 134 Å². The van der Waals surface area contributed by atoms with Gasteiger partial charge >= 0.3 is 5.97 Å². The van der Waals surface area contributed by atoms with Crippen molar-refractivity contribution < 1.29 is 13.9 Å². The molecule has 118 valence electrons. The molecule has 0 aliphatic carbocycles. The number of halogens is 1. The van der Waals surface area contributed by atoms with E-state index in [-0.39, 0.29) is 11.8 Å². The molecule has 2 aromatic carbocycles. The first-order chi connectivity index (χ1) is 11.1. The first kappa shape index (κ1) is 15.3. The number of carbonyl (C=O) groups is 1. The maximum atomic E-state index is 13.3. The lowest BCUT2D eigenvalue weighted by molar-refractivity contribution is 0.0500. The Morgan fingerprint density at radius 3 is 2.87 bits per heavy atom. The van der Waals surface area contributed by atoms with Crippen LogP contribution in [0.2, 0.25) is 0 Å². The van der Waals surface area contributed by atoms with Crippen LogP contribution >= 0.6 is 0 Å². The molecule has 1 aromatic heterocycles. The number of aromatic nitrogens is 1. The van der Waals surface area contributed by atoms with Crippen LogP contribution in [0.4, 0.5) is 4.39 Å². The summed E-state index contributed by atoms with van der Waals surface area (Å²) >= 11 is 0. The van der Waals surface area contributed by atoms with E-state index in [1.807, 2.05) is 31.3 Å². The molecule has 3 rings (SSSR count). The lowest BCUT2D eigenvalue weighted by Crippen LogP contribution is -2.08. The van der Waals surface area contributed by atoms with E-state index in [4.69, 9.17) is 4.74 Å². The van der Waals surface area contributed by atoms with Crippen LogP contribution in [0.5, 0.6) is 0 Å². The van der Waals surface area contributed by atoms with Crippen molar-refractivity contribution in [3.8, 4) is 0 Å². The lowest BCUT2D eigenvalue weighted by atomic mass is 10.1. The van der Waals surface area contributed by atoms with Crippen molar-refractivity contribution in [2.45, 2.75) is 19.8 Å². The number of H-pyrrole nitrogens is 1. The second-order valence-corrected chi connectivity index (χ2v) is 5.56. The Kier molecular flexibility index (Phi) is 4.42. The molecular formula is C19H18FNO2. The average molecular weight is 311 g/mol. The SMILES string of the molecule is Cc1ccccc1C(=O)OCCCc1c[nH]c2ccc(F)cc12. The van der Waals surface area contributed by atoms with Crippen LogP contribution in [-0.4, -0.2) is 17.6 Å². The maximum absolute atomic E-state index is 13.3. The second kappa shape index (κ2) is 6.65. The molecule has 0 radical (unpaired) electrons. The smallest absolute Gasteiger partial charge is 0.338 e. The predicted octanol–water partition coefficient (Wildman–Crippen LogP) is 4.41. The summed E-state index contributed by atoms with van der Waals surface area (Å²) in [4.78, 5) is 15.1. The van der Waals surface area contributed by atoms with E-state index >= 15 is 0 Å². The largest absolute Gasteiger partial charge is 0.462 e. The van der Waals surface area contributed by atoms with Gasteiger partial charge in [-0.1, -0.05) is 18.2 Å². The monoisotopic (exact) mass is 311 g/mol.